The lowest BCUT2D eigenvalue weighted by Crippen LogP contribution is -1.96. The molecule has 3 rings (SSSR count). The SMILES string of the molecule is Nc1cccc2oc(COc3cc(Cl)c(Cl)cc3Cl)nc12. The summed E-state index contributed by atoms with van der Waals surface area (Å²) in [7, 11) is 0. The van der Waals surface area contributed by atoms with Crippen molar-refractivity contribution in [3.8, 4) is 5.75 Å². The van der Waals surface area contributed by atoms with Crippen LogP contribution in [0.2, 0.25) is 15.1 Å². The summed E-state index contributed by atoms with van der Waals surface area (Å²) in [6.07, 6.45) is 0. The zero-order valence-electron chi connectivity index (χ0n) is 10.6. The van der Waals surface area contributed by atoms with Crippen LogP contribution in [0.3, 0.4) is 0 Å². The summed E-state index contributed by atoms with van der Waals surface area (Å²) >= 11 is 17.8. The lowest BCUT2D eigenvalue weighted by Gasteiger charge is -2.07. The number of nitrogens with zero attached hydrogens (tertiary/aromatic N) is 1. The molecular weight excluding hydrogens is 335 g/mol. The quantitative estimate of drug-likeness (QED) is 0.540. The molecule has 2 aromatic carbocycles. The van der Waals surface area contributed by atoms with Crippen LogP contribution in [0.5, 0.6) is 5.75 Å². The second-order valence-corrected chi connectivity index (χ2v) is 5.51. The first-order valence-corrected chi connectivity index (χ1v) is 7.09. The number of rotatable bonds is 3. The number of halogens is 3. The molecule has 0 aliphatic heterocycles. The Morgan fingerprint density at radius 1 is 1.10 bits per heavy atom. The summed E-state index contributed by atoms with van der Waals surface area (Å²) in [6, 6.07) is 8.40. The van der Waals surface area contributed by atoms with E-state index >= 15 is 0 Å². The maximum Gasteiger partial charge on any atom is 0.233 e. The van der Waals surface area contributed by atoms with Crippen molar-refractivity contribution in [1.82, 2.24) is 4.98 Å². The van der Waals surface area contributed by atoms with Crippen LogP contribution in [-0.4, -0.2) is 4.98 Å². The number of nitrogen functional groups attached to an aromatic ring is 1. The number of oxazole rings is 1. The van der Waals surface area contributed by atoms with Gasteiger partial charge in [0.2, 0.25) is 5.89 Å². The van der Waals surface area contributed by atoms with Crippen molar-refractivity contribution in [3.05, 3.63) is 51.3 Å². The molecule has 7 heteroatoms. The predicted molar refractivity (Wildman–Crippen MR) is 84.2 cm³/mol. The van der Waals surface area contributed by atoms with Gasteiger partial charge in [-0.1, -0.05) is 40.9 Å². The van der Waals surface area contributed by atoms with E-state index in [2.05, 4.69) is 4.98 Å². The summed E-state index contributed by atoms with van der Waals surface area (Å²) in [6.45, 7) is 0.103. The first kappa shape index (κ1) is 14.3. The van der Waals surface area contributed by atoms with Gasteiger partial charge < -0.3 is 14.9 Å². The smallest absolute Gasteiger partial charge is 0.233 e. The van der Waals surface area contributed by atoms with Gasteiger partial charge in [0, 0.05) is 6.07 Å². The zero-order valence-corrected chi connectivity index (χ0v) is 12.8. The van der Waals surface area contributed by atoms with Gasteiger partial charge in [0.25, 0.3) is 0 Å². The molecule has 0 fully saturated rings. The monoisotopic (exact) mass is 342 g/mol. The van der Waals surface area contributed by atoms with Crippen LogP contribution in [0.1, 0.15) is 5.89 Å². The predicted octanol–water partition coefficient (Wildman–Crippen LogP) is 4.95. The normalized spacial score (nSPS) is 11.0. The van der Waals surface area contributed by atoms with Gasteiger partial charge >= 0.3 is 0 Å². The molecule has 0 spiro atoms. The number of hydrogen-bond donors (Lipinski definition) is 1. The maximum absolute atomic E-state index is 6.03. The van der Waals surface area contributed by atoms with Gasteiger partial charge in [0.15, 0.2) is 12.2 Å². The Balaban J connectivity index is 1.83. The lowest BCUT2D eigenvalue weighted by molar-refractivity contribution is 0.267. The first-order chi connectivity index (χ1) is 10.0. The van der Waals surface area contributed by atoms with E-state index in [1.807, 2.05) is 0 Å². The molecule has 0 bridgehead atoms. The fraction of sp³-hybridized carbons (Fsp3) is 0.0714. The van der Waals surface area contributed by atoms with E-state index in [4.69, 9.17) is 49.7 Å². The zero-order chi connectivity index (χ0) is 15.0. The third kappa shape index (κ3) is 2.88. The van der Waals surface area contributed by atoms with Crippen molar-refractivity contribution in [2.24, 2.45) is 0 Å². The lowest BCUT2D eigenvalue weighted by atomic mass is 10.3. The van der Waals surface area contributed by atoms with Gasteiger partial charge in [-0.2, -0.15) is 0 Å². The third-order valence-electron chi connectivity index (χ3n) is 2.82. The molecule has 0 aliphatic rings. The average Bonchev–Trinajstić information content (AvgIpc) is 2.86. The minimum atomic E-state index is 0.103. The van der Waals surface area contributed by atoms with Gasteiger partial charge in [-0.3, -0.25) is 0 Å². The highest BCUT2D eigenvalue weighted by Crippen LogP contribution is 2.34. The maximum atomic E-state index is 6.03. The van der Waals surface area contributed by atoms with Crippen LogP contribution in [-0.2, 0) is 6.61 Å². The van der Waals surface area contributed by atoms with E-state index < -0.39 is 0 Å². The number of benzene rings is 2. The molecule has 21 heavy (non-hydrogen) atoms. The molecule has 0 aliphatic carbocycles. The fourth-order valence-corrected chi connectivity index (χ4v) is 2.42. The van der Waals surface area contributed by atoms with Crippen LogP contribution in [0.4, 0.5) is 5.69 Å². The summed E-state index contributed by atoms with van der Waals surface area (Å²) in [4.78, 5) is 4.28. The van der Waals surface area contributed by atoms with Crippen molar-refractivity contribution >= 4 is 51.6 Å². The van der Waals surface area contributed by atoms with Crippen LogP contribution in [0.15, 0.2) is 34.7 Å². The number of aromatic nitrogens is 1. The second kappa shape index (κ2) is 5.64. The van der Waals surface area contributed by atoms with Crippen molar-refractivity contribution < 1.29 is 9.15 Å². The molecule has 4 nitrogen and oxygen atoms in total. The largest absolute Gasteiger partial charge is 0.482 e. The molecule has 3 aromatic rings. The molecule has 0 saturated heterocycles. The van der Waals surface area contributed by atoms with Crippen molar-refractivity contribution in [1.29, 1.82) is 0 Å². The Morgan fingerprint density at radius 2 is 1.86 bits per heavy atom. The minimum Gasteiger partial charge on any atom is -0.482 e. The van der Waals surface area contributed by atoms with Crippen LogP contribution in [0, 0.1) is 0 Å². The third-order valence-corrected chi connectivity index (χ3v) is 3.84. The Hall–Kier alpha value is -1.62. The van der Waals surface area contributed by atoms with E-state index in [0.29, 0.717) is 43.5 Å². The molecule has 0 saturated carbocycles. The molecule has 0 amide bonds. The number of ether oxygens (including phenoxy) is 1. The Kier molecular flexibility index (Phi) is 3.85. The molecule has 2 N–H and O–H groups in total. The van der Waals surface area contributed by atoms with E-state index in [1.54, 1.807) is 24.3 Å². The highest BCUT2D eigenvalue weighted by atomic mass is 35.5. The number of hydrogen-bond acceptors (Lipinski definition) is 4. The topological polar surface area (TPSA) is 61.3 Å². The van der Waals surface area contributed by atoms with Gasteiger partial charge in [0.1, 0.15) is 11.3 Å². The van der Waals surface area contributed by atoms with Crippen LogP contribution >= 0.6 is 34.8 Å². The fourth-order valence-electron chi connectivity index (χ4n) is 1.83. The van der Waals surface area contributed by atoms with E-state index in [1.165, 1.54) is 6.07 Å². The van der Waals surface area contributed by atoms with Crippen LogP contribution in [0.25, 0.3) is 11.1 Å². The molecule has 0 atom stereocenters. The Bertz CT molecular complexity index is 817. The highest BCUT2D eigenvalue weighted by Gasteiger charge is 2.11. The number of fused-ring (bicyclic) bond motifs is 1. The number of nitrogens with two attached hydrogens (primary N) is 1. The van der Waals surface area contributed by atoms with Gasteiger partial charge in [0.05, 0.1) is 20.8 Å². The van der Waals surface area contributed by atoms with Crippen molar-refractivity contribution in [2.45, 2.75) is 6.61 Å². The first-order valence-electron chi connectivity index (χ1n) is 5.96. The molecule has 108 valence electrons. The molecule has 1 aromatic heterocycles. The van der Waals surface area contributed by atoms with Crippen molar-refractivity contribution in [3.63, 3.8) is 0 Å². The summed E-state index contributed by atoms with van der Waals surface area (Å²) in [5, 5.41) is 1.08. The van der Waals surface area contributed by atoms with Gasteiger partial charge in [-0.25, -0.2) is 4.98 Å². The average molecular weight is 344 g/mol. The minimum absolute atomic E-state index is 0.103. The number of para-hydroxylation sites is 1. The summed E-state index contributed by atoms with van der Waals surface area (Å²) in [5.41, 5.74) is 7.59. The van der Waals surface area contributed by atoms with Gasteiger partial charge in [-0.15, -0.1) is 0 Å². The van der Waals surface area contributed by atoms with E-state index in [-0.39, 0.29) is 6.61 Å². The van der Waals surface area contributed by atoms with Gasteiger partial charge in [-0.05, 0) is 18.2 Å². The molecule has 1 heterocycles. The standard InChI is InChI=1S/C14H9Cl3N2O2/c15-7-4-9(17)12(5-8(7)16)20-6-13-19-14-10(18)2-1-3-11(14)21-13/h1-5H,6,18H2. The summed E-state index contributed by atoms with van der Waals surface area (Å²) < 4.78 is 11.1. The molecule has 0 unspecified atom stereocenters. The molecule has 0 radical (unpaired) electrons. The Morgan fingerprint density at radius 3 is 2.62 bits per heavy atom. The van der Waals surface area contributed by atoms with E-state index in [9.17, 15) is 0 Å². The van der Waals surface area contributed by atoms with Crippen LogP contribution < -0.4 is 10.5 Å². The highest BCUT2D eigenvalue weighted by molar-refractivity contribution is 6.43. The number of anilines is 1. The Labute approximate surface area is 135 Å². The second-order valence-electron chi connectivity index (χ2n) is 4.29. The molecular formula is C14H9Cl3N2O2. The van der Waals surface area contributed by atoms with Crippen molar-refractivity contribution in [2.75, 3.05) is 5.73 Å². The van der Waals surface area contributed by atoms with E-state index in [0.717, 1.165) is 0 Å². The summed E-state index contributed by atoms with van der Waals surface area (Å²) in [5.74, 6) is 0.798.